The molecular formula is C22H37N3O3S. The highest BCUT2D eigenvalue weighted by molar-refractivity contribution is 8.14. The molecule has 1 heterocycles. The number of carbonyl (C=O) groups excluding carboxylic acids is 1. The van der Waals surface area contributed by atoms with E-state index >= 15 is 0 Å². The standard InChI is InChI=1S/C22H37N3O3S/c23-21(28)16-11-17(26)19(27)18-20(16)29-22(24-12-14-7-3-1-4-8-14)25(18)13-15-9-5-2-6-10-15/h14-20,26-27H,1-13H2,(H2,23,28)/t16-,17+,18-,19-,20+/m0/s1. The number of nitrogens with two attached hydrogens (primary N) is 1. The van der Waals surface area contributed by atoms with E-state index in [0.29, 0.717) is 11.8 Å². The smallest absolute Gasteiger partial charge is 0.221 e. The highest BCUT2D eigenvalue weighted by Gasteiger charge is 2.54. The molecule has 29 heavy (non-hydrogen) atoms. The van der Waals surface area contributed by atoms with Gasteiger partial charge in [0, 0.05) is 18.3 Å². The zero-order valence-electron chi connectivity index (χ0n) is 17.4. The topological polar surface area (TPSA) is 99.2 Å². The maximum absolute atomic E-state index is 12.1. The van der Waals surface area contributed by atoms with Crippen molar-refractivity contribution < 1.29 is 15.0 Å². The summed E-state index contributed by atoms with van der Waals surface area (Å²) in [5, 5.41) is 22.2. The minimum atomic E-state index is -0.902. The van der Waals surface area contributed by atoms with Gasteiger partial charge in [0.2, 0.25) is 5.91 Å². The third-order valence-corrected chi connectivity index (χ3v) is 9.03. The lowest BCUT2D eigenvalue weighted by molar-refractivity contribution is -0.128. The van der Waals surface area contributed by atoms with Gasteiger partial charge in [-0.25, -0.2) is 0 Å². The van der Waals surface area contributed by atoms with Crippen LogP contribution in [0.15, 0.2) is 4.99 Å². The Morgan fingerprint density at radius 1 is 1.03 bits per heavy atom. The van der Waals surface area contributed by atoms with Crippen LogP contribution in [0, 0.1) is 17.8 Å². The molecule has 0 spiro atoms. The molecule has 4 N–H and O–H groups in total. The number of nitrogens with zero attached hydrogens (tertiary/aromatic N) is 2. The average molecular weight is 424 g/mol. The van der Waals surface area contributed by atoms with E-state index in [2.05, 4.69) is 4.90 Å². The van der Waals surface area contributed by atoms with Gasteiger partial charge in [-0.3, -0.25) is 9.79 Å². The van der Waals surface area contributed by atoms with Crippen LogP contribution >= 0.6 is 11.8 Å². The van der Waals surface area contributed by atoms with E-state index in [1.165, 1.54) is 64.2 Å². The molecule has 1 saturated heterocycles. The van der Waals surface area contributed by atoms with Crippen molar-refractivity contribution in [2.75, 3.05) is 13.1 Å². The number of carbonyl (C=O) groups is 1. The molecule has 0 aromatic heterocycles. The molecule has 6 nitrogen and oxygen atoms in total. The van der Waals surface area contributed by atoms with Crippen molar-refractivity contribution in [2.45, 2.75) is 94.1 Å². The summed E-state index contributed by atoms with van der Waals surface area (Å²) in [6, 6.07) is -0.270. The second kappa shape index (κ2) is 9.56. The molecule has 0 bridgehead atoms. The summed E-state index contributed by atoms with van der Waals surface area (Å²) in [6.07, 6.45) is 11.2. The molecule has 1 amide bonds. The number of thioether (sulfide) groups is 1. The van der Waals surface area contributed by atoms with Crippen LogP contribution in [-0.4, -0.2) is 62.8 Å². The van der Waals surface area contributed by atoms with Crippen molar-refractivity contribution in [1.29, 1.82) is 0 Å². The number of hydrogen-bond donors (Lipinski definition) is 3. The Morgan fingerprint density at radius 2 is 1.66 bits per heavy atom. The van der Waals surface area contributed by atoms with E-state index in [1.54, 1.807) is 11.8 Å². The molecule has 0 aromatic rings. The van der Waals surface area contributed by atoms with E-state index in [0.717, 1.165) is 18.3 Å². The summed E-state index contributed by atoms with van der Waals surface area (Å²) in [6.45, 7) is 1.70. The van der Waals surface area contributed by atoms with Crippen LogP contribution in [0.5, 0.6) is 0 Å². The first-order valence-electron chi connectivity index (χ1n) is 11.7. The first-order valence-corrected chi connectivity index (χ1v) is 12.6. The molecule has 0 aromatic carbocycles. The Kier molecular flexibility index (Phi) is 7.07. The normalized spacial score (nSPS) is 38.3. The molecule has 1 aliphatic heterocycles. The largest absolute Gasteiger partial charge is 0.390 e. The minimum Gasteiger partial charge on any atom is -0.390 e. The van der Waals surface area contributed by atoms with Crippen LogP contribution in [-0.2, 0) is 4.79 Å². The summed E-state index contributed by atoms with van der Waals surface area (Å²) in [5.41, 5.74) is 5.69. The van der Waals surface area contributed by atoms with Crippen molar-refractivity contribution in [2.24, 2.45) is 28.5 Å². The Balaban J connectivity index is 1.56. The third-order valence-electron chi connectivity index (χ3n) is 7.57. The fraction of sp³-hybridized carbons (Fsp3) is 0.909. The number of aliphatic imine (C=N–C) groups is 1. The fourth-order valence-electron chi connectivity index (χ4n) is 5.85. The lowest BCUT2D eigenvalue weighted by Crippen LogP contribution is -2.59. The van der Waals surface area contributed by atoms with Gasteiger partial charge in [-0.2, -0.15) is 0 Å². The number of aliphatic hydroxyl groups is 2. The molecule has 3 saturated carbocycles. The Bertz CT molecular complexity index is 604. The Hall–Kier alpha value is -0.790. The van der Waals surface area contributed by atoms with Crippen molar-refractivity contribution in [1.82, 2.24) is 4.90 Å². The van der Waals surface area contributed by atoms with Crippen LogP contribution in [0.1, 0.15) is 70.6 Å². The Morgan fingerprint density at radius 3 is 2.28 bits per heavy atom. The maximum Gasteiger partial charge on any atom is 0.221 e. The number of amides is 1. The predicted octanol–water partition coefficient (Wildman–Crippen LogP) is 2.52. The van der Waals surface area contributed by atoms with Crippen LogP contribution in [0.2, 0.25) is 0 Å². The monoisotopic (exact) mass is 423 g/mol. The van der Waals surface area contributed by atoms with Crippen LogP contribution in [0.25, 0.3) is 0 Å². The van der Waals surface area contributed by atoms with Crippen LogP contribution in [0.3, 0.4) is 0 Å². The zero-order chi connectivity index (χ0) is 20.4. The van der Waals surface area contributed by atoms with Crippen molar-refractivity contribution in [3.63, 3.8) is 0 Å². The number of hydrogen-bond acceptors (Lipinski definition) is 5. The SMILES string of the molecule is NC(=O)[C@H]1C[C@@H](O)[C@H](O)[C@H]2[C@@H]1SC(=NCC1CCCCC1)N2CC1CCCCC1. The van der Waals surface area contributed by atoms with Gasteiger partial charge in [-0.05, 0) is 43.9 Å². The van der Waals surface area contributed by atoms with Gasteiger partial charge in [-0.1, -0.05) is 50.3 Å². The van der Waals surface area contributed by atoms with Gasteiger partial charge in [0.1, 0.15) is 6.10 Å². The van der Waals surface area contributed by atoms with Crippen LogP contribution < -0.4 is 5.73 Å². The fourth-order valence-corrected chi connectivity index (χ4v) is 7.44. The highest BCUT2D eigenvalue weighted by atomic mass is 32.2. The van der Waals surface area contributed by atoms with Crippen molar-refractivity contribution >= 4 is 22.8 Å². The molecule has 7 heteroatoms. The number of primary amides is 1. The molecule has 4 rings (SSSR count). The summed E-state index contributed by atoms with van der Waals surface area (Å²) in [4.78, 5) is 19.4. The number of rotatable bonds is 5. The number of amidine groups is 1. The molecule has 0 unspecified atom stereocenters. The van der Waals surface area contributed by atoms with Gasteiger partial charge >= 0.3 is 0 Å². The van der Waals surface area contributed by atoms with Gasteiger partial charge < -0.3 is 20.8 Å². The molecule has 4 fully saturated rings. The zero-order valence-corrected chi connectivity index (χ0v) is 18.2. The van der Waals surface area contributed by atoms with E-state index in [1.807, 2.05) is 0 Å². The maximum atomic E-state index is 12.1. The number of fused-ring (bicyclic) bond motifs is 1. The lowest BCUT2D eigenvalue weighted by atomic mass is 9.79. The first kappa shape index (κ1) is 21.4. The summed E-state index contributed by atoms with van der Waals surface area (Å²) in [5.74, 6) is 0.462. The van der Waals surface area contributed by atoms with Gasteiger partial charge in [0.15, 0.2) is 5.17 Å². The molecule has 0 radical (unpaired) electrons. The van der Waals surface area contributed by atoms with E-state index < -0.39 is 18.1 Å². The average Bonchev–Trinajstić information content (AvgIpc) is 3.09. The van der Waals surface area contributed by atoms with Gasteiger partial charge in [0.25, 0.3) is 0 Å². The molecule has 3 aliphatic carbocycles. The summed E-state index contributed by atoms with van der Waals surface area (Å²) in [7, 11) is 0. The predicted molar refractivity (Wildman–Crippen MR) is 117 cm³/mol. The second-order valence-electron chi connectivity index (χ2n) is 9.66. The van der Waals surface area contributed by atoms with E-state index in [4.69, 9.17) is 10.7 Å². The molecule has 164 valence electrons. The van der Waals surface area contributed by atoms with E-state index in [-0.39, 0.29) is 23.6 Å². The van der Waals surface area contributed by atoms with Crippen LogP contribution in [0.4, 0.5) is 0 Å². The van der Waals surface area contributed by atoms with Crippen molar-refractivity contribution in [3.05, 3.63) is 0 Å². The summed E-state index contributed by atoms with van der Waals surface area (Å²) < 4.78 is 0. The lowest BCUT2D eigenvalue weighted by Gasteiger charge is -2.42. The molecular weight excluding hydrogens is 386 g/mol. The van der Waals surface area contributed by atoms with Crippen molar-refractivity contribution in [3.8, 4) is 0 Å². The quantitative estimate of drug-likeness (QED) is 0.631. The first-order chi connectivity index (χ1) is 14.0. The molecule has 4 aliphatic rings. The molecule has 5 atom stereocenters. The second-order valence-corrected chi connectivity index (χ2v) is 10.8. The number of aliphatic hydroxyl groups excluding tert-OH is 2. The van der Waals surface area contributed by atoms with E-state index in [9.17, 15) is 15.0 Å². The highest BCUT2D eigenvalue weighted by Crippen LogP contribution is 2.45. The van der Waals surface area contributed by atoms with Gasteiger partial charge in [0.05, 0.1) is 18.1 Å². The minimum absolute atomic E-state index is 0.111. The van der Waals surface area contributed by atoms with Gasteiger partial charge in [-0.15, -0.1) is 0 Å². The summed E-state index contributed by atoms with van der Waals surface area (Å²) >= 11 is 1.63. The third kappa shape index (κ3) is 4.77. The Labute approximate surface area is 178 Å².